The predicted molar refractivity (Wildman–Crippen MR) is 173 cm³/mol. The van der Waals surface area contributed by atoms with E-state index in [9.17, 15) is 14.4 Å². The van der Waals surface area contributed by atoms with Crippen LogP contribution in [0.5, 0.6) is 0 Å². The van der Waals surface area contributed by atoms with Crippen molar-refractivity contribution in [1.82, 2.24) is 20.0 Å². The van der Waals surface area contributed by atoms with E-state index in [1.807, 2.05) is 41.9 Å². The molecule has 0 saturated heterocycles. The highest BCUT2D eigenvalue weighted by Crippen LogP contribution is 2.21. The van der Waals surface area contributed by atoms with Crippen LogP contribution in [0.15, 0.2) is 72.0 Å². The van der Waals surface area contributed by atoms with Crippen molar-refractivity contribution in [2.24, 2.45) is 12.1 Å². The molecule has 0 unspecified atom stereocenters. The third-order valence-electron chi connectivity index (χ3n) is 7.12. The number of nitrogens with zero attached hydrogens (tertiary/aromatic N) is 5. The molecule has 12 heteroatoms. The number of ether oxygens (including phenoxy) is 2. The Morgan fingerprint density at radius 2 is 1.87 bits per heavy atom. The first kappa shape index (κ1) is 32.6. The summed E-state index contributed by atoms with van der Waals surface area (Å²) in [7, 11) is 3.24. The van der Waals surface area contributed by atoms with Crippen LogP contribution in [0.2, 0.25) is 0 Å². The number of carbonyl (C=O) groups excluding carboxylic acids is 3. The second-order valence-electron chi connectivity index (χ2n) is 10.3. The number of carbonyl (C=O) groups is 3. The van der Waals surface area contributed by atoms with Crippen molar-refractivity contribution in [2.75, 3.05) is 30.5 Å². The molecule has 236 valence electrons. The average Bonchev–Trinajstić information content (AvgIpc) is 3.38. The fourth-order valence-electron chi connectivity index (χ4n) is 4.59. The van der Waals surface area contributed by atoms with Gasteiger partial charge in [-0.3, -0.25) is 14.5 Å². The van der Waals surface area contributed by atoms with Crippen LogP contribution in [-0.4, -0.2) is 59.0 Å². The van der Waals surface area contributed by atoms with Crippen molar-refractivity contribution in [3.05, 3.63) is 83.8 Å². The predicted octanol–water partition coefficient (Wildman–Crippen LogP) is 5.43. The number of rotatable bonds is 15. The van der Waals surface area contributed by atoms with Gasteiger partial charge in [-0.2, -0.15) is 5.10 Å². The number of pyridine rings is 1. The van der Waals surface area contributed by atoms with Crippen LogP contribution in [0.25, 0.3) is 11.0 Å². The third-order valence-corrected chi connectivity index (χ3v) is 7.12. The molecule has 0 bridgehead atoms. The van der Waals surface area contributed by atoms with E-state index in [4.69, 9.17) is 14.5 Å². The minimum Gasteiger partial charge on any atom is -0.469 e. The van der Waals surface area contributed by atoms with Crippen LogP contribution in [0.4, 0.5) is 16.3 Å². The number of benzene rings is 2. The molecule has 0 spiro atoms. The van der Waals surface area contributed by atoms with Gasteiger partial charge in [-0.25, -0.2) is 20.2 Å². The van der Waals surface area contributed by atoms with Gasteiger partial charge in [-0.15, -0.1) is 0 Å². The molecule has 2 aromatic carbocycles. The van der Waals surface area contributed by atoms with Crippen molar-refractivity contribution < 1.29 is 23.9 Å². The van der Waals surface area contributed by atoms with Crippen LogP contribution in [0.1, 0.15) is 60.8 Å². The monoisotopic (exact) mass is 613 g/mol. The quantitative estimate of drug-likeness (QED) is 0.0783. The normalized spacial score (nSPS) is 11.0. The summed E-state index contributed by atoms with van der Waals surface area (Å²) in [6.45, 7) is 3.10. The van der Waals surface area contributed by atoms with Crippen LogP contribution in [-0.2, 0) is 27.9 Å². The maximum Gasteiger partial charge on any atom is 0.427 e. The van der Waals surface area contributed by atoms with Crippen LogP contribution < -0.4 is 15.6 Å². The number of nitrogens with one attached hydrogen (secondary N) is 2. The number of imidazole rings is 1. The Bertz CT molecular complexity index is 1600. The molecule has 4 aromatic rings. The molecule has 0 fully saturated rings. The summed E-state index contributed by atoms with van der Waals surface area (Å²) in [4.78, 5) is 47.6. The topological polar surface area (TPSA) is 140 Å². The SMILES string of the molecule is CCCCCCOC(=O)N/N=C/c1ccc(NCc2nc3cc(C(=O)N(CCC(=O)OC)c4ccccn4)ccc3n2C)cc1. The van der Waals surface area contributed by atoms with E-state index >= 15 is 0 Å². The number of esters is 1. The molecule has 2 heterocycles. The highest BCUT2D eigenvalue weighted by molar-refractivity contribution is 6.07. The van der Waals surface area contributed by atoms with E-state index in [0.29, 0.717) is 30.0 Å². The molecule has 4 rings (SSSR count). The van der Waals surface area contributed by atoms with E-state index in [0.717, 1.165) is 48.3 Å². The molecule has 0 aliphatic rings. The van der Waals surface area contributed by atoms with E-state index in [2.05, 4.69) is 27.8 Å². The zero-order chi connectivity index (χ0) is 32.0. The molecule has 2 aromatic heterocycles. The molecule has 2 amide bonds. The van der Waals surface area contributed by atoms with Gasteiger partial charge in [-0.1, -0.05) is 44.4 Å². The summed E-state index contributed by atoms with van der Waals surface area (Å²) in [5.41, 5.74) is 6.05. The van der Waals surface area contributed by atoms with Crippen molar-refractivity contribution in [3.63, 3.8) is 0 Å². The van der Waals surface area contributed by atoms with Crippen LogP contribution in [0.3, 0.4) is 0 Å². The lowest BCUT2D eigenvalue weighted by Gasteiger charge is -2.21. The third kappa shape index (κ3) is 9.36. The number of hydrogen-bond donors (Lipinski definition) is 2. The van der Waals surface area contributed by atoms with Gasteiger partial charge in [-0.05, 0) is 54.4 Å². The molecule has 0 saturated carbocycles. The van der Waals surface area contributed by atoms with E-state index in [-0.39, 0.29) is 18.9 Å². The highest BCUT2D eigenvalue weighted by atomic mass is 16.6. The number of aromatic nitrogens is 3. The molecule has 0 atom stereocenters. The minimum absolute atomic E-state index is 0.0407. The zero-order valence-electron chi connectivity index (χ0n) is 25.9. The summed E-state index contributed by atoms with van der Waals surface area (Å²) >= 11 is 0. The first-order chi connectivity index (χ1) is 21.9. The molecule has 2 N–H and O–H groups in total. The van der Waals surface area contributed by atoms with Gasteiger partial charge in [0, 0.05) is 31.0 Å². The Hall–Kier alpha value is -5.26. The number of methoxy groups -OCH3 is 1. The molecular weight excluding hydrogens is 574 g/mol. The van der Waals surface area contributed by atoms with Crippen LogP contribution in [0, 0.1) is 0 Å². The van der Waals surface area contributed by atoms with Crippen molar-refractivity contribution in [2.45, 2.75) is 45.6 Å². The van der Waals surface area contributed by atoms with Crippen LogP contribution >= 0.6 is 0 Å². The lowest BCUT2D eigenvalue weighted by Crippen LogP contribution is -2.33. The first-order valence-electron chi connectivity index (χ1n) is 14.9. The minimum atomic E-state index is -0.566. The second kappa shape index (κ2) is 16.6. The van der Waals surface area contributed by atoms with Gasteiger partial charge in [0.05, 0.1) is 43.9 Å². The van der Waals surface area contributed by atoms with Gasteiger partial charge in [0.15, 0.2) is 0 Å². The zero-order valence-corrected chi connectivity index (χ0v) is 25.9. The number of hydrazone groups is 1. The maximum absolute atomic E-state index is 13.5. The Labute approximate surface area is 262 Å². The first-order valence-corrected chi connectivity index (χ1v) is 14.9. The van der Waals surface area contributed by atoms with E-state index in [1.54, 1.807) is 42.7 Å². The molecule has 0 aliphatic heterocycles. The maximum atomic E-state index is 13.5. The Balaban J connectivity index is 1.36. The summed E-state index contributed by atoms with van der Waals surface area (Å²) in [6.07, 6.45) is 6.77. The Morgan fingerprint density at radius 3 is 2.60 bits per heavy atom. The van der Waals surface area contributed by atoms with Gasteiger partial charge < -0.3 is 19.4 Å². The van der Waals surface area contributed by atoms with E-state index < -0.39 is 12.1 Å². The smallest absolute Gasteiger partial charge is 0.427 e. The molecule has 0 radical (unpaired) electrons. The summed E-state index contributed by atoms with van der Waals surface area (Å²) in [5.74, 6) is 0.528. The lowest BCUT2D eigenvalue weighted by atomic mass is 10.1. The molecule has 0 aliphatic carbocycles. The fourth-order valence-corrected chi connectivity index (χ4v) is 4.59. The fraction of sp³-hybridized carbons (Fsp3) is 0.333. The number of fused-ring (bicyclic) bond motifs is 1. The standard InChI is InChI=1S/C33H39N7O5/c1-4-5-6-9-20-45-33(43)38-36-22-24-11-14-26(15-12-24)35-23-30-37-27-21-25(13-16-28(27)39(30)2)32(42)40(19-17-31(41)44-3)29-10-7-8-18-34-29/h7-8,10-16,18,21-22,35H,4-6,9,17,19-20,23H2,1-3H3,(H,38,43)/b36-22+. The van der Waals surface area contributed by atoms with Gasteiger partial charge in [0.25, 0.3) is 5.91 Å². The number of unbranched alkanes of at least 4 members (excludes halogenated alkanes) is 3. The number of aryl methyl sites for hydroxylation is 1. The van der Waals surface area contributed by atoms with Crippen molar-refractivity contribution in [1.29, 1.82) is 0 Å². The summed E-state index contributed by atoms with van der Waals surface area (Å²) in [6, 6.07) is 18.2. The number of anilines is 2. The Morgan fingerprint density at radius 1 is 1.04 bits per heavy atom. The number of hydrogen-bond acceptors (Lipinski definition) is 9. The summed E-state index contributed by atoms with van der Waals surface area (Å²) < 4.78 is 11.8. The van der Waals surface area contributed by atoms with Gasteiger partial charge >= 0.3 is 12.1 Å². The second-order valence-corrected chi connectivity index (χ2v) is 10.3. The largest absolute Gasteiger partial charge is 0.469 e. The lowest BCUT2D eigenvalue weighted by molar-refractivity contribution is -0.140. The molecule has 45 heavy (non-hydrogen) atoms. The van der Waals surface area contributed by atoms with Crippen molar-refractivity contribution >= 4 is 46.7 Å². The average molecular weight is 614 g/mol. The molecule has 12 nitrogen and oxygen atoms in total. The van der Waals surface area contributed by atoms with Gasteiger partial charge in [0.1, 0.15) is 11.6 Å². The molecular formula is C33H39N7O5. The van der Waals surface area contributed by atoms with E-state index in [1.165, 1.54) is 12.0 Å². The summed E-state index contributed by atoms with van der Waals surface area (Å²) in [5, 5.41) is 7.32. The number of amides is 2. The van der Waals surface area contributed by atoms with Gasteiger partial charge in [0.2, 0.25) is 0 Å². The highest BCUT2D eigenvalue weighted by Gasteiger charge is 2.21. The van der Waals surface area contributed by atoms with Crippen molar-refractivity contribution in [3.8, 4) is 0 Å². The Kier molecular flexibility index (Phi) is 12.0.